The SMILES string of the molecule is CCOC(=O)C1(C2CCCCC2)CCN(C(=O)[C@@H](Cc2ccc(F)cc2)NC(=O)[C@H]2CCc3ccccc3[C@H]2N)CC1. The molecule has 0 unspecified atom stereocenters. The fourth-order valence-corrected chi connectivity index (χ4v) is 7.48. The molecule has 3 atom stereocenters. The van der Waals surface area contributed by atoms with Gasteiger partial charge in [0.1, 0.15) is 11.9 Å². The van der Waals surface area contributed by atoms with Crippen molar-refractivity contribution >= 4 is 17.8 Å². The fourth-order valence-electron chi connectivity index (χ4n) is 7.48. The Morgan fingerprint density at radius 3 is 2.40 bits per heavy atom. The summed E-state index contributed by atoms with van der Waals surface area (Å²) >= 11 is 0. The molecule has 0 aromatic heterocycles. The first-order valence-corrected chi connectivity index (χ1v) is 15.7. The van der Waals surface area contributed by atoms with E-state index in [0.29, 0.717) is 39.0 Å². The average molecular weight is 578 g/mol. The van der Waals surface area contributed by atoms with Crippen LogP contribution in [0.5, 0.6) is 0 Å². The number of nitrogens with one attached hydrogen (secondary N) is 1. The van der Waals surface area contributed by atoms with Gasteiger partial charge in [0.05, 0.1) is 17.9 Å². The van der Waals surface area contributed by atoms with Crippen LogP contribution >= 0.6 is 0 Å². The molecular formula is C34H44FN3O4. The second-order valence-corrected chi connectivity index (χ2v) is 12.3. The van der Waals surface area contributed by atoms with E-state index in [-0.39, 0.29) is 35.9 Å². The van der Waals surface area contributed by atoms with Crippen molar-refractivity contribution in [2.24, 2.45) is 23.0 Å². The number of aryl methyl sites for hydroxylation is 1. The average Bonchev–Trinajstić information content (AvgIpc) is 3.02. The van der Waals surface area contributed by atoms with Crippen molar-refractivity contribution in [1.29, 1.82) is 0 Å². The Labute approximate surface area is 248 Å². The molecule has 2 fully saturated rings. The summed E-state index contributed by atoms with van der Waals surface area (Å²) in [6.07, 6.45) is 8.18. The van der Waals surface area contributed by atoms with Crippen LogP contribution in [0.25, 0.3) is 0 Å². The Balaban J connectivity index is 1.32. The van der Waals surface area contributed by atoms with Crippen molar-refractivity contribution in [1.82, 2.24) is 10.2 Å². The van der Waals surface area contributed by atoms with Crippen molar-refractivity contribution in [3.8, 4) is 0 Å². The first-order chi connectivity index (χ1) is 20.3. The smallest absolute Gasteiger partial charge is 0.312 e. The third kappa shape index (κ3) is 6.38. The molecular weight excluding hydrogens is 533 g/mol. The number of carbonyl (C=O) groups is 3. The number of hydrogen-bond acceptors (Lipinski definition) is 5. The minimum Gasteiger partial charge on any atom is -0.466 e. The number of halogens is 1. The number of piperidine rings is 1. The molecule has 1 aliphatic heterocycles. The molecule has 226 valence electrons. The van der Waals surface area contributed by atoms with Gasteiger partial charge in [-0.1, -0.05) is 55.7 Å². The van der Waals surface area contributed by atoms with Crippen LogP contribution in [0.3, 0.4) is 0 Å². The molecule has 2 aromatic carbocycles. The number of esters is 1. The quantitative estimate of drug-likeness (QED) is 0.436. The molecule has 42 heavy (non-hydrogen) atoms. The van der Waals surface area contributed by atoms with E-state index in [9.17, 15) is 18.8 Å². The lowest BCUT2D eigenvalue weighted by atomic mass is 9.63. The van der Waals surface area contributed by atoms with Gasteiger partial charge >= 0.3 is 5.97 Å². The van der Waals surface area contributed by atoms with Crippen molar-refractivity contribution in [3.05, 3.63) is 71.0 Å². The molecule has 1 heterocycles. The van der Waals surface area contributed by atoms with E-state index in [1.807, 2.05) is 31.2 Å². The highest BCUT2D eigenvalue weighted by atomic mass is 19.1. The predicted octanol–water partition coefficient (Wildman–Crippen LogP) is 4.87. The maximum absolute atomic E-state index is 14.0. The normalized spacial score (nSPS) is 23.0. The van der Waals surface area contributed by atoms with Crippen LogP contribution in [0.15, 0.2) is 48.5 Å². The van der Waals surface area contributed by atoms with E-state index in [0.717, 1.165) is 48.8 Å². The van der Waals surface area contributed by atoms with E-state index in [1.54, 1.807) is 17.0 Å². The minimum atomic E-state index is -0.822. The summed E-state index contributed by atoms with van der Waals surface area (Å²) in [4.78, 5) is 42.8. The van der Waals surface area contributed by atoms with Gasteiger partial charge in [0.15, 0.2) is 0 Å². The standard InChI is InChI=1S/C34H44FN3O4/c1-2-42-33(41)34(25-9-4-3-5-10-25)18-20-38(21-19-34)32(40)29(22-23-12-15-26(35)16-13-23)37-31(39)28-17-14-24-8-6-7-11-27(24)30(28)36/h6-8,11-13,15-16,25,28-30H,2-5,9-10,14,17-22,36H2,1H3,(H,37,39)/t28-,29+,30+/m0/s1. The summed E-state index contributed by atoms with van der Waals surface area (Å²) in [5.74, 6) is -1.09. The lowest BCUT2D eigenvalue weighted by molar-refractivity contribution is -0.166. The third-order valence-electron chi connectivity index (χ3n) is 9.91. The van der Waals surface area contributed by atoms with Crippen LogP contribution < -0.4 is 11.1 Å². The number of likely N-dealkylation sites (tertiary alicyclic amines) is 1. The van der Waals surface area contributed by atoms with Crippen molar-refractivity contribution < 1.29 is 23.5 Å². The summed E-state index contributed by atoms with van der Waals surface area (Å²) in [5, 5.41) is 3.04. The van der Waals surface area contributed by atoms with Crippen LogP contribution in [0.2, 0.25) is 0 Å². The van der Waals surface area contributed by atoms with Gasteiger partial charge in [-0.3, -0.25) is 14.4 Å². The Kier molecular flexibility index (Phi) is 9.61. The zero-order valence-corrected chi connectivity index (χ0v) is 24.7. The van der Waals surface area contributed by atoms with Gasteiger partial charge in [-0.25, -0.2) is 4.39 Å². The topological polar surface area (TPSA) is 102 Å². The molecule has 7 nitrogen and oxygen atoms in total. The van der Waals surface area contributed by atoms with Gasteiger partial charge in [-0.05, 0) is 80.2 Å². The fraction of sp³-hybridized carbons (Fsp3) is 0.559. The van der Waals surface area contributed by atoms with Crippen LogP contribution in [0.1, 0.15) is 81.0 Å². The van der Waals surface area contributed by atoms with E-state index in [4.69, 9.17) is 10.5 Å². The first-order valence-electron chi connectivity index (χ1n) is 15.7. The number of hydrogen-bond donors (Lipinski definition) is 2. The molecule has 2 aliphatic carbocycles. The zero-order valence-electron chi connectivity index (χ0n) is 24.7. The predicted molar refractivity (Wildman–Crippen MR) is 159 cm³/mol. The summed E-state index contributed by atoms with van der Waals surface area (Å²) in [5.41, 5.74) is 8.89. The number of rotatable bonds is 8. The maximum Gasteiger partial charge on any atom is 0.312 e. The van der Waals surface area contributed by atoms with Crippen LogP contribution in [0, 0.1) is 23.1 Å². The molecule has 3 aliphatic rings. The van der Waals surface area contributed by atoms with Gasteiger partial charge in [-0.2, -0.15) is 0 Å². The number of fused-ring (bicyclic) bond motifs is 1. The highest BCUT2D eigenvalue weighted by Gasteiger charge is 2.49. The molecule has 0 spiro atoms. The summed E-state index contributed by atoms with van der Waals surface area (Å²) in [6.45, 7) is 3.04. The van der Waals surface area contributed by atoms with E-state index in [2.05, 4.69) is 5.32 Å². The maximum atomic E-state index is 14.0. The van der Waals surface area contributed by atoms with Gasteiger partial charge in [0, 0.05) is 25.6 Å². The van der Waals surface area contributed by atoms with Crippen molar-refractivity contribution in [3.63, 3.8) is 0 Å². The minimum absolute atomic E-state index is 0.133. The van der Waals surface area contributed by atoms with Crippen molar-refractivity contribution in [2.75, 3.05) is 19.7 Å². The van der Waals surface area contributed by atoms with Gasteiger partial charge in [0.2, 0.25) is 11.8 Å². The van der Waals surface area contributed by atoms with E-state index in [1.165, 1.54) is 18.6 Å². The molecule has 1 saturated heterocycles. The number of amides is 2. The third-order valence-corrected chi connectivity index (χ3v) is 9.91. The molecule has 2 amide bonds. The van der Waals surface area contributed by atoms with Gasteiger partial charge < -0.3 is 20.7 Å². The first kappa shape index (κ1) is 30.2. The van der Waals surface area contributed by atoms with Crippen LogP contribution in [0.4, 0.5) is 4.39 Å². The number of ether oxygens (including phenoxy) is 1. The molecule has 0 radical (unpaired) electrons. The molecule has 0 bridgehead atoms. The Morgan fingerprint density at radius 2 is 1.71 bits per heavy atom. The summed E-state index contributed by atoms with van der Waals surface area (Å²) < 4.78 is 19.2. The molecule has 2 aromatic rings. The van der Waals surface area contributed by atoms with Gasteiger partial charge in [-0.15, -0.1) is 0 Å². The highest BCUT2D eigenvalue weighted by molar-refractivity contribution is 5.89. The van der Waals surface area contributed by atoms with E-state index >= 15 is 0 Å². The Hall–Kier alpha value is -3.26. The summed E-state index contributed by atoms with van der Waals surface area (Å²) in [7, 11) is 0. The van der Waals surface area contributed by atoms with E-state index < -0.39 is 23.4 Å². The number of nitrogens with zero attached hydrogens (tertiary/aromatic N) is 1. The lowest BCUT2D eigenvalue weighted by Crippen LogP contribution is -2.56. The zero-order chi connectivity index (χ0) is 29.7. The molecule has 5 rings (SSSR count). The largest absolute Gasteiger partial charge is 0.466 e. The molecule has 1 saturated carbocycles. The second kappa shape index (κ2) is 13.4. The second-order valence-electron chi connectivity index (χ2n) is 12.3. The van der Waals surface area contributed by atoms with Crippen LogP contribution in [-0.4, -0.2) is 48.4 Å². The Morgan fingerprint density at radius 1 is 1.02 bits per heavy atom. The van der Waals surface area contributed by atoms with Crippen LogP contribution in [-0.2, 0) is 32.0 Å². The molecule has 8 heteroatoms. The number of nitrogens with two attached hydrogens (primary N) is 1. The van der Waals surface area contributed by atoms with Gasteiger partial charge in [0.25, 0.3) is 0 Å². The van der Waals surface area contributed by atoms with Crippen molar-refractivity contribution in [2.45, 2.75) is 83.2 Å². The summed E-state index contributed by atoms with van der Waals surface area (Å²) in [6, 6.07) is 12.7. The number of benzene rings is 2. The lowest BCUT2D eigenvalue weighted by Gasteiger charge is -2.46. The number of carbonyl (C=O) groups excluding carboxylic acids is 3. The Bertz CT molecular complexity index is 1250. The monoisotopic (exact) mass is 577 g/mol. The molecule has 3 N–H and O–H groups in total. The highest BCUT2D eigenvalue weighted by Crippen LogP contribution is 2.47.